The zero-order valence-corrected chi connectivity index (χ0v) is 21.0. The van der Waals surface area contributed by atoms with Crippen LogP contribution in [0.15, 0.2) is 48.4 Å². The lowest BCUT2D eigenvalue weighted by molar-refractivity contribution is -0.136. The van der Waals surface area contributed by atoms with Gasteiger partial charge in [0, 0.05) is 24.0 Å². The fraction of sp³-hybridized carbons (Fsp3) is 0.500. The van der Waals surface area contributed by atoms with E-state index in [1.165, 1.54) is 4.88 Å². The lowest BCUT2D eigenvalue weighted by atomic mass is 10.0. The second kappa shape index (κ2) is 13.5. The van der Waals surface area contributed by atoms with E-state index in [1.807, 2.05) is 34.1 Å². The molecule has 0 radical (unpaired) electrons. The number of nitrogens with zero attached hydrogens (tertiary/aromatic N) is 2. The smallest absolute Gasteiger partial charge is 0.237 e. The zero-order valence-electron chi connectivity index (χ0n) is 20.2. The Morgan fingerprint density at radius 3 is 2.97 bits per heavy atom. The number of hydrogen-bond donors (Lipinski definition) is 1. The van der Waals surface area contributed by atoms with E-state index in [0.29, 0.717) is 32.1 Å². The maximum atomic E-state index is 13.5. The van der Waals surface area contributed by atoms with E-state index in [1.54, 1.807) is 24.5 Å². The first-order valence-corrected chi connectivity index (χ1v) is 12.6. The number of benzene rings is 1. The minimum Gasteiger partial charge on any atom is -0.497 e. The molecule has 1 N–H and O–H groups in total. The Morgan fingerprint density at radius 1 is 1.38 bits per heavy atom. The van der Waals surface area contributed by atoms with Crippen LogP contribution in [-0.2, 0) is 16.0 Å². The molecular weight excluding hydrogens is 452 g/mol. The van der Waals surface area contributed by atoms with Crippen molar-refractivity contribution >= 4 is 17.2 Å². The third-order valence-corrected chi connectivity index (χ3v) is 6.77. The highest BCUT2D eigenvalue weighted by Gasteiger charge is 2.33. The van der Waals surface area contributed by atoms with E-state index >= 15 is 0 Å². The first-order valence-electron chi connectivity index (χ1n) is 11.8. The number of thiophene rings is 1. The van der Waals surface area contributed by atoms with Crippen LogP contribution in [0, 0.1) is 0 Å². The summed E-state index contributed by atoms with van der Waals surface area (Å²) in [5.74, 6) is 1.49. The second-order valence-electron chi connectivity index (χ2n) is 8.36. The highest BCUT2D eigenvalue weighted by atomic mass is 32.1. The van der Waals surface area contributed by atoms with Gasteiger partial charge < -0.3 is 24.2 Å². The number of carbonyl (C=O) groups is 1. The highest BCUT2D eigenvalue weighted by molar-refractivity contribution is 7.10. The fourth-order valence-corrected chi connectivity index (χ4v) is 5.14. The summed E-state index contributed by atoms with van der Waals surface area (Å²) in [6, 6.07) is 9.45. The van der Waals surface area contributed by atoms with E-state index in [0.717, 1.165) is 30.7 Å². The predicted molar refractivity (Wildman–Crippen MR) is 135 cm³/mol. The van der Waals surface area contributed by atoms with Gasteiger partial charge in [-0.1, -0.05) is 19.1 Å². The van der Waals surface area contributed by atoms with Crippen LogP contribution >= 0.6 is 11.3 Å². The van der Waals surface area contributed by atoms with E-state index in [4.69, 9.17) is 14.2 Å². The largest absolute Gasteiger partial charge is 0.497 e. The molecule has 0 aliphatic carbocycles. The molecular formula is C26H36N2O5S. The van der Waals surface area contributed by atoms with Crippen LogP contribution in [0.2, 0.25) is 0 Å². The molecule has 1 amide bonds. The van der Waals surface area contributed by atoms with Gasteiger partial charge in [-0.15, -0.1) is 17.9 Å². The van der Waals surface area contributed by atoms with Gasteiger partial charge in [0.25, 0.3) is 0 Å². The molecule has 2 heterocycles. The van der Waals surface area contributed by atoms with E-state index in [9.17, 15) is 9.90 Å². The van der Waals surface area contributed by atoms with Crippen molar-refractivity contribution in [3.8, 4) is 11.5 Å². The standard InChI is InChI=1S/C26H36N2O5S/c1-4-11-27(16-20(29)18-32-13-5-2)17-26(30)28-12-9-25-23(10-14-34-25)24(28)19-33-22-8-6-7-21(15-22)31-3/h5-8,10,14-15,20,24,29H,2,4,9,11-13,16-19H2,1,3H3. The molecule has 1 aromatic carbocycles. The number of amides is 1. The molecule has 34 heavy (non-hydrogen) atoms. The average molecular weight is 489 g/mol. The molecule has 0 saturated carbocycles. The SMILES string of the molecule is C=CCOCC(O)CN(CCC)CC(=O)N1CCc2sccc2C1COc1cccc(OC)c1. The van der Waals surface area contributed by atoms with Crippen molar-refractivity contribution in [2.75, 3.05) is 53.1 Å². The zero-order chi connectivity index (χ0) is 24.3. The third-order valence-electron chi connectivity index (χ3n) is 5.78. The maximum absolute atomic E-state index is 13.5. The minimum atomic E-state index is -0.656. The van der Waals surface area contributed by atoms with Crippen LogP contribution in [0.25, 0.3) is 0 Å². The summed E-state index contributed by atoms with van der Waals surface area (Å²) in [5.41, 5.74) is 1.16. The predicted octanol–water partition coefficient (Wildman–Crippen LogP) is 3.54. The van der Waals surface area contributed by atoms with Crippen LogP contribution < -0.4 is 9.47 Å². The molecule has 3 rings (SSSR count). The number of carbonyl (C=O) groups excluding carboxylic acids is 1. The molecule has 8 heteroatoms. The van der Waals surface area contributed by atoms with Crippen LogP contribution in [0.5, 0.6) is 11.5 Å². The van der Waals surface area contributed by atoms with Crippen LogP contribution in [0.4, 0.5) is 0 Å². The number of fused-ring (bicyclic) bond motifs is 1. The van der Waals surface area contributed by atoms with Crippen LogP contribution in [0.1, 0.15) is 29.8 Å². The highest BCUT2D eigenvalue weighted by Crippen LogP contribution is 2.34. The van der Waals surface area contributed by atoms with Gasteiger partial charge in [-0.25, -0.2) is 0 Å². The molecule has 2 unspecified atom stereocenters. The van der Waals surface area contributed by atoms with E-state index in [-0.39, 0.29) is 25.1 Å². The van der Waals surface area contributed by atoms with Gasteiger partial charge in [-0.2, -0.15) is 0 Å². The Balaban J connectivity index is 1.67. The molecule has 7 nitrogen and oxygen atoms in total. The molecule has 1 aromatic heterocycles. The topological polar surface area (TPSA) is 71.5 Å². The quantitative estimate of drug-likeness (QED) is 0.324. The van der Waals surface area contributed by atoms with Crippen molar-refractivity contribution in [2.45, 2.75) is 31.9 Å². The summed E-state index contributed by atoms with van der Waals surface area (Å²) in [6.07, 6.45) is 2.74. The van der Waals surface area contributed by atoms with Crippen molar-refractivity contribution in [1.29, 1.82) is 0 Å². The van der Waals surface area contributed by atoms with Gasteiger partial charge in [0.1, 0.15) is 18.1 Å². The van der Waals surface area contributed by atoms with Crippen molar-refractivity contribution in [3.05, 3.63) is 58.8 Å². The first kappa shape index (κ1) is 26.2. The summed E-state index contributed by atoms with van der Waals surface area (Å²) in [6.45, 7) is 8.70. The summed E-state index contributed by atoms with van der Waals surface area (Å²) in [5, 5.41) is 12.4. The van der Waals surface area contributed by atoms with Crippen molar-refractivity contribution in [2.24, 2.45) is 0 Å². The molecule has 1 aliphatic rings. The Hall–Kier alpha value is -2.39. The van der Waals surface area contributed by atoms with Gasteiger partial charge in [-0.3, -0.25) is 9.69 Å². The second-order valence-corrected chi connectivity index (χ2v) is 9.36. The van der Waals surface area contributed by atoms with Crippen molar-refractivity contribution in [3.63, 3.8) is 0 Å². The molecule has 2 atom stereocenters. The summed E-state index contributed by atoms with van der Waals surface area (Å²) in [7, 11) is 1.63. The summed E-state index contributed by atoms with van der Waals surface area (Å²) < 4.78 is 16.8. The molecule has 1 aliphatic heterocycles. The normalized spacial score (nSPS) is 16.2. The van der Waals surface area contributed by atoms with Crippen LogP contribution in [-0.4, -0.2) is 80.0 Å². The Bertz CT molecular complexity index is 918. The molecule has 0 bridgehead atoms. The van der Waals surface area contributed by atoms with E-state index < -0.39 is 6.10 Å². The third kappa shape index (κ3) is 7.30. The van der Waals surface area contributed by atoms with Crippen LogP contribution in [0.3, 0.4) is 0 Å². The number of methoxy groups -OCH3 is 1. The fourth-order valence-electron chi connectivity index (χ4n) is 4.21. The number of ether oxygens (including phenoxy) is 3. The minimum absolute atomic E-state index is 0.0451. The molecule has 0 saturated heterocycles. The Labute approximate surface area is 206 Å². The van der Waals surface area contributed by atoms with Gasteiger partial charge in [-0.05, 0) is 48.5 Å². The van der Waals surface area contributed by atoms with E-state index in [2.05, 4.69) is 24.9 Å². The van der Waals surface area contributed by atoms with Gasteiger partial charge in [0.15, 0.2) is 0 Å². The first-order chi connectivity index (χ1) is 16.5. The Kier molecular flexibility index (Phi) is 10.4. The van der Waals surface area contributed by atoms with Crippen molar-refractivity contribution < 1.29 is 24.1 Å². The number of hydrogen-bond acceptors (Lipinski definition) is 7. The van der Waals surface area contributed by atoms with Crippen molar-refractivity contribution in [1.82, 2.24) is 9.80 Å². The molecule has 2 aromatic rings. The lowest BCUT2D eigenvalue weighted by Crippen LogP contribution is -2.48. The number of aliphatic hydroxyl groups excluding tert-OH is 1. The summed E-state index contributed by atoms with van der Waals surface area (Å²) in [4.78, 5) is 18.7. The maximum Gasteiger partial charge on any atom is 0.237 e. The van der Waals surface area contributed by atoms with Gasteiger partial charge in [0.2, 0.25) is 5.91 Å². The monoisotopic (exact) mass is 488 g/mol. The average Bonchev–Trinajstić information content (AvgIpc) is 3.32. The number of rotatable bonds is 14. The van der Waals surface area contributed by atoms with Gasteiger partial charge in [0.05, 0.1) is 39.0 Å². The lowest BCUT2D eigenvalue weighted by Gasteiger charge is -2.37. The molecule has 186 valence electrons. The Morgan fingerprint density at radius 2 is 2.21 bits per heavy atom. The summed E-state index contributed by atoms with van der Waals surface area (Å²) >= 11 is 1.73. The molecule has 0 fully saturated rings. The molecule has 0 spiro atoms. The number of aliphatic hydroxyl groups is 1. The van der Waals surface area contributed by atoms with Gasteiger partial charge >= 0.3 is 0 Å².